The van der Waals surface area contributed by atoms with Gasteiger partial charge < -0.3 is 15.8 Å². The van der Waals surface area contributed by atoms with Crippen LogP contribution in [-0.4, -0.2) is 32.8 Å². The molecule has 3 aromatic rings. The number of halogens is 1. The van der Waals surface area contributed by atoms with Crippen molar-refractivity contribution in [1.29, 1.82) is 0 Å². The predicted octanol–water partition coefficient (Wildman–Crippen LogP) is 2.73. The van der Waals surface area contributed by atoms with Gasteiger partial charge in [-0.3, -0.25) is 9.67 Å². The zero-order valence-corrected chi connectivity index (χ0v) is 16.4. The van der Waals surface area contributed by atoms with Gasteiger partial charge in [0.1, 0.15) is 6.10 Å². The minimum absolute atomic E-state index is 0. The Labute approximate surface area is 169 Å². The number of nitrogens with two attached hydrogens (primary N) is 1. The molecular formula is C20H23ClN6O. The smallest absolute Gasteiger partial charge is 0.166 e. The van der Waals surface area contributed by atoms with Crippen molar-refractivity contribution < 1.29 is 4.74 Å². The molecule has 1 spiro atoms. The van der Waals surface area contributed by atoms with Crippen LogP contribution in [0.1, 0.15) is 30.8 Å². The zero-order chi connectivity index (χ0) is 18.4. The molecule has 0 bridgehead atoms. The number of nitrogens with zero attached hydrogens (tertiary/aromatic N) is 4. The lowest BCUT2D eigenvalue weighted by molar-refractivity contribution is 0.222. The fraction of sp³-hybridized carbons (Fsp3) is 0.350. The molecule has 0 amide bonds. The quantitative estimate of drug-likeness (QED) is 0.702. The van der Waals surface area contributed by atoms with Gasteiger partial charge in [-0.15, -0.1) is 12.4 Å². The molecule has 0 radical (unpaired) electrons. The molecule has 3 N–H and O–H groups in total. The molecule has 8 heteroatoms. The molecule has 3 aromatic heterocycles. The van der Waals surface area contributed by atoms with Gasteiger partial charge in [0.15, 0.2) is 11.6 Å². The van der Waals surface area contributed by atoms with Crippen LogP contribution in [-0.2, 0) is 12.0 Å². The summed E-state index contributed by atoms with van der Waals surface area (Å²) in [5.41, 5.74) is 10.3. The van der Waals surface area contributed by atoms with Crippen LogP contribution in [0.25, 0.3) is 11.3 Å². The molecule has 0 aromatic carbocycles. The lowest BCUT2D eigenvalue weighted by Crippen LogP contribution is -2.55. The Morgan fingerprint density at radius 2 is 2.11 bits per heavy atom. The van der Waals surface area contributed by atoms with Crippen LogP contribution in [0.3, 0.4) is 0 Å². The second kappa shape index (κ2) is 7.07. The summed E-state index contributed by atoms with van der Waals surface area (Å²) in [4.78, 5) is 8.67. The first-order valence-electron chi connectivity index (χ1n) is 9.27. The number of nitrogen functional groups attached to an aromatic ring is 1. The molecule has 7 nitrogen and oxygen atoms in total. The van der Waals surface area contributed by atoms with Crippen LogP contribution in [0.5, 0.6) is 5.75 Å². The largest absolute Gasteiger partial charge is 0.481 e. The normalized spacial score (nSPS) is 17.5. The number of nitrogens with one attached hydrogen (secondary N) is 1. The molecular weight excluding hydrogens is 376 g/mol. The number of ether oxygens (including phenoxy) is 1. The Morgan fingerprint density at radius 1 is 1.25 bits per heavy atom. The van der Waals surface area contributed by atoms with Crippen molar-refractivity contribution in [3.05, 3.63) is 54.1 Å². The summed E-state index contributed by atoms with van der Waals surface area (Å²) >= 11 is 0. The van der Waals surface area contributed by atoms with Crippen LogP contribution < -0.4 is 15.8 Å². The van der Waals surface area contributed by atoms with E-state index < -0.39 is 0 Å². The highest BCUT2D eigenvalue weighted by molar-refractivity contribution is 5.85. The summed E-state index contributed by atoms with van der Waals surface area (Å²) in [7, 11) is 0. The highest BCUT2D eigenvalue weighted by Crippen LogP contribution is 2.40. The van der Waals surface area contributed by atoms with Gasteiger partial charge in [0.2, 0.25) is 0 Å². The summed E-state index contributed by atoms with van der Waals surface area (Å²) < 4.78 is 8.18. The fourth-order valence-corrected chi connectivity index (χ4v) is 3.94. The Kier molecular flexibility index (Phi) is 4.72. The van der Waals surface area contributed by atoms with Crippen molar-refractivity contribution in [3.8, 4) is 17.0 Å². The van der Waals surface area contributed by atoms with E-state index in [2.05, 4.69) is 26.0 Å². The number of hydrogen-bond donors (Lipinski definition) is 2. The first-order valence-corrected chi connectivity index (χ1v) is 9.27. The van der Waals surface area contributed by atoms with Gasteiger partial charge in [-0.25, -0.2) is 4.98 Å². The molecule has 5 rings (SSSR count). The van der Waals surface area contributed by atoms with Gasteiger partial charge in [-0.1, -0.05) is 6.07 Å². The summed E-state index contributed by atoms with van der Waals surface area (Å²) in [6, 6.07) is 9.87. The van der Waals surface area contributed by atoms with E-state index in [1.807, 2.05) is 31.2 Å². The van der Waals surface area contributed by atoms with E-state index in [1.165, 1.54) is 12.1 Å². The number of anilines is 1. The highest BCUT2D eigenvalue weighted by atomic mass is 35.5. The van der Waals surface area contributed by atoms with E-state index in [1.54, 1.807) is 12.4 Å². The third-order valence-electron chi connectivity index (χ3n) is 5.64. The minimum atomic E-state index is -0.220. The standard InChI is InChI=1S/C20H22N6O.ClH/c1-13(15-4-2-3-6-23-15)27-17-8-14(10-24-19(17)21)16-9-18-20(11-22-12-20)5-7-26(18)25-16;/h2-4,6,8-10,13,22H,5,7,11-12H2,1H3,(H2,21,24);1H. The molecule has 0 aliphatic carbocycles. The van der Waals surface area contributed by atoms with Gasteiger partial charge in [0, 0.05) is 48.7 Å². The van der Waals surface area contributed by atoms with Crippen molar-refractivity contribution >= 4 is 18.2 Å². The maximum absolute atomic E-state index is 6.05. The van der Waals surface area contributed by atoms with Crippen LogP contribution in [0, 0.1) is 0 Å². The monoisotopic (exact) mass is 398 g/mol. The molecule has 1 fully saturated rings. The molecule has 5 heterocycles. The third-order valence-corrected chi connectivity index (χ3v) is 5.64. The van der Waals surface area contributed by atoms with Gasteiger partial charge in [-0.2, -0.15) is 5.10 Å². The number of rotatable bonds is 4. The van der Waals surface area contributed by atoms with E-state index in [-0.39, 0.29) is 23.9 Å². The Morgan fingerprint density at radius 3 is 2.82 bits per heavy atom. The fourth-order valence-electron chi connectivity index (χ4n) is 3.94. The number of pyridine rings is 2. The van der Waals surface area contributed by atoms with Gasteiger partial charge in [0.25, 0.3) is 0 Å². The van der Waals surface area contributed by atoms with Crippen LogP contribution in [0.4, 0.5) is 5.82 Å². The van der Waals surface area contributed by atoms with Crippen molar-refractivity contribution in [2.45, 2.75) is 31.4 Å². The number of aromatic nitrogens is 4. The van der Waals surface area contributed by atoms with Crippen LogP contribution in [0.2, 0.25) is 0 Å². The average Bonchev–Trinajstić information content (AvgIpc) is 3.22. The topological polar surface area (TPSA) is 90.9 Å². The molecule has 1 saturated heterocycles. The first-order chi connectivity index (χ1) is 13.1. The predicted molar refractivity (Wildman–Crippen MR) is 110 cm³/mol. The second-order valence-electron chi connectivity index (χ2n) is 7.39. The minimum Gasteiger partial charge on any atom is -0.481 e. The molecule has 2 aliphatic rings. The van der Waals surface area contributed by atoms with Crippen LogP contribution >= 0.6 is 12.4 Å². The SMILES string of the molecule is CC(Oc1cc(-c2cc3n(n2)CCC32CNC2)cnc1N)c1ccccn1.Cl. The van der Waals surface area contributed by atoms with E-state index in [9.17, 15) is 0 Å². The third kappa shape index (κ3) is 3.00. The Balaban J connectivity index is 0.00000192. The van der Waals surface area contributed by atoms with E-state index in [4.69, 9.17) is 15.6 Å². The summed E-state index contributed by atoms with van der Waals surface area (Å²) in [5, 5.41) is 8.18. The van der Waals surface area contributed by atoms with Crippen molar-refractivity contribution in [2.75, 3.05) is 18.8 Å². The van der Waals surface area contributed by atoms with E-state index in [0.29, 0.717) is 11.6 Å². The molecule has 1 atom stereocenters. The van der Waals surface area contributed by atoms with Gasteiger partial charge in [-0.05, 0) is 37.6 Å². The second-order valence-corrected chi connectivity index (χ2v) is 7.39. The maximum Gasteiger partial charge on any atom is 0.166 e. The summed E-state index contributed by atoms with van der Waals surface area (Å²) in [6.07, 6.45) is 4.46. The molecule has 0 saturated carbocycles. The number of fused-ring (bicyclic) bond motifs is 2. The lowest BCUT2D eigenvalue weighted by Gasteiger charge is -2.38. The van der Waals surface area contributed by atoms with E-state index >= 15 is 0 Å². The number of hydrogen-bond acceptors (Lipinski definition) is 6. The van der Waals surface area contributed by atoms with E-state index in [0.717, 1.165) is 36.6 Å². The molecule has 28 heavy (non-hydrogen) atoms. The summed E-state index contributed by atoms with van der Waals surface area (Å²) in [5.74, 6) is 0.923. The van der Waals surface area contributed by atoms with Crippen LogP contribution in [0.15, 0.2) is 42.7 Å². The maximum atomic E-state index is 6.05. The van der Waals surface area contributed by atoms with Crippen molar-refractivity contribution in [3.63, 3.8) is 0 Å². The van der Waals surface area contributed by atoms with Gasteiger partial charge >= 0.3 is 0 Å². The Bertz CT molecular complexity index is 986. The Hall–Kier alpha value is -2.64. The zero-order valence-electron chi connectivity index (χ0n) is 15.6. The lowest BCUT2D eigenvalue weighted by atomic mass is 9.77. The van der Waals surface area contributed by atoms with Crippen molar-refractivity contribution in [1.82, 2.24) is 25.1 Å². The van der Waals surface area contributed by atoms with Gasteiger partial charge in [0.05, 0.1) is 11.4 Å². The van der Waals surface area contributed by atoms with Crippen molar-refractivity contribution in [2.24, 2.45) is 0 Å². The summed E-state index contributed by atoms with van der Waals surface area (Å²) in [6.45, 7) is 4.99. The molecule has 2 aliphatic heterocycles. The molecule has 146 valence electrons. The average molecular weight is 399 g/mol. The molecule has 1 unspecified atom stereocenters. The first kappa shape index (κ1) is 18.7. The number of aryl methyl sites for hydroxylation is 1. The highest BCUT2D eigenvalue weighted by Gasteiger charge is 2.45.